The molecule has 104 valence electrons. The molecular weight excluding hydrogens is 260 g/mol. The number of hydrogen-bond acceptors (Lipinski definition) is 3. The van der Waals surface area contributed by atoms with Gasteiger partial charge >= 0.3 is 0 Å². The summed E-state index contributed by atoms with van der Waals surface area (Å²) in [6, 6.07) is 17.9. The molecule has 0 saturated heterocycles. The number of nitrogens with zero attached hydrogens (tertiary/aromatic N) is 2. The third kappa shape index (κ3) is 3.08. The quantitative estimate of drug-likeness (QED) is 0.716. The maximum absolute atomic E-state index is 5.61. The predicted octanol–water partition coefficient (Wildman–Crippen LogP) is 4.20. The fraction of sp³-hybridized carbons (Fsp3) is 0.111. The van der Waals surface area contributed by atoms with E-state index < -0.39 is 0 Å². The van der Waals surface area contributed by atoms with E-state index in [1.54, 1.807) is 0 Å². The van der Waals surface area contributed by atoms with Crippen molar-refractivity contribution in [3.8, 4) is 5.88 Å². The highest BCUT2D eigenvalue weighted by molar-refractivity contribution is 5.78. The average Bonchev–Trinajstić information content (AvgIpc) is 2.54. The highest BCUT2D eigenvalue weighted by Crippen LogP contribution is 2.21. The summed E-state index contributed by atoms with van der Waals surface area (Å²) in [5.41, 5.74) is 3.58. The third-order valence-electron chi connectivity index (χ3n) is 3.08. The Labute approximate surface area is 123 Å². The van der Waals surface area contributed by atoms with Crippen LogP contribution in [0.2, 0.25) is 0 Å². The first-order valence-corrected chi connectivity index (χ1v) is 6.99. The molecule has 0 amide bonds. The summed E-state index contributed by atoms with van der Waals surface area (Å²) in [5, 5.41) is 0. The lowest BCUT2D eigenvalue weighted by Gasteiger charge is -2.07. The Balaban J connectivity index is 2.03. The summed E-state index contributed by atoms with van der Waals surface area (Å²) in [7, 11) is 0. The molecule has 0 bridgehead atoms. The van der Waals surface area contributed by atoms with Gasteiger partial charge in [-0.1, -0.05) is 48.5 Å². The SMILES string of the molecule is CCOc1nc2ccccc2nc1C=Cc1ccccc1. The van der Waals surface area contributed by atoms with Crippen molar-refractivity contribution in [3.05, 3.63) is 65.9 Å². The molecular formula is C18H16N2O. The summed E-state index contributed by atoms with van der Waals surface area (Å²) in [4.78, 5) is 9.18. The molecule has 0 saturated carbocycles. The predicted molar refractivity (Wildman–Crippen MR) is 86.1 cm³/mol. The monoisotopic (exact) mass is 276 g/mol. The van der Waals surface area contributed by atoms with Crippen LogP contribution < -0.4 is 4.74 Å². The van der Waals surface area contributed by atoms with Crippen LogP contribution in [-0.4, -0.2) is 16.6 Å². The van der Waals surface area contributed by atoms with Gasteiger partial charge in [0.05, 0.1) is 17.6 Å². The molecule has 0 radical (unpaired) electrons. The van der Waals surface area contributed by atoms with Crippen LogP contribution in [0.4, 0.5) is 0 Å². The van der Waals surface area contributed by atoms with Gasteiger partial charge in [-0.15, -0.1) is 0 Å². The topological polar surface area (TPSA) is 35.0 Å². The minimum absolute atomic E-state index is 0.569. The molecule has 0 aliphatic heterocycles. The summed E-state index contributed by atoms with van der Waals surface area (Å²) in [5.74, 6) is 0.573. The molecule has 0 N–H and O–H groups in total. The van der Waals surface area contributed by atoms with Crippen LogP contribution in [0.15, 0.2) is 54.6 Å². The van der Waals surface area contributed by atoms with E-state index in [0.717, 1.165) is 22.3 Å². The van der Waals surface area contributed by atoms with Gasteiger partial charge in [0, 0.05) is 0 Å². The first-order chi connectivity index (χ1) is 10.4. The lowest BCUT2D eigenvalue weighted by Crippen LogP contribution is -1.99. The summed E-state index contributed by atoms with van der Waals surface area (Å²) < 4.78 is 5.61. The first kappa shape index (κ1) is 13.3. The first-order valence-electron chi connectivity index (χ1n) is 6.99. The Morgan fingerprint density at radius 2 is 1.52 bits per heavy atom. The molecule has 0 aliphatic rings. The van der Waals surface area contributed by atoms with E-state index in [0.29, 0.717) is 12.5 Å². The summed E-state index contributed by atoms with van der Waals surface area (Å²) in [6.07, 6.45) is 3.96. The fourth-order valence-electron chi connectivity index (χ4n) is 2.09. The van der Waals surface area contributed by atoms with E-state index in [1.165, 1.54) is 0 Å². The summed E-state index contributed by atoms with van der Waals surface area (Å²) >= 11 is 0. The lowest BCUT2D eigenvalue weighted by molar-refractivity contribution is 0.326. The average molecular weight is 276 g/mol. The second kappa shape index (κ2) is 6.18. The van der Waals surface area contributed by atoms with Gasteiger partial charge in [0.1, 0.15) is 5.69 Å². The van der Waals surface area contributed by atoms with Crippen LogP contribution in [0.1, 0.15) is 18.2 Å². The zero-order chi connectivity index (χ0) is 14.5. The Morgan fingerprint density at radius 3 is 2.24 bits per heavy atom. The minimum Gasteiger partial charge on any atom is -0.476 e. The highest BCUT2D eigenvalue weighted by Gasteiger charge is 2.06. The van der Waals surface area contributed by atoms with Crippen molar-refractivity contribution >= 4 is 23.2 Å². The largest absolute Gasteiger partial charge is 0.476 e. The number of ether oxygens (including phenoxy) is 1. The van der Waals surface area contributed by atoms with Gasteiger partial charge in [0.2, 0.25) is 5.88 Å². The third-order valence-corrected chi connectivity index (χ3v) is 3.08. The van der Waals surface area contributed by atoms with E-state index in [2.05, 4.69) is 9.97 Å². The molecule has 3 heteroatoms. The lowest BCUT2D eigenvalue weighted by atomic mass is 10.2. The van der Waals surface area contributed by atoms with E-state index in [4.69, 9.17) is 4.74 Å². The molecule has 3 aromatic rings. The van der Waals surface area contributed by atoms with E-state index in [1.807, 2.05) is 73.7 Å². The molecule has 0 atom stereocenters. The second-order valence-electron chi connectivity index (χ2n) is 4.58. The zero-order valence-electron chi connectivity index (χ0n) is 11.9. The molecule has 3 rings (SSSR count). The molecule has 2 aromatic carbocycles. The molecule has 21 heavy (non-hydrogen) atoms. The molecule has 0 aliphatic carbocycles. The van der Waals surface area contributed by atoms with Crippen LogP contribution >= 0.6 is 0 Å². The van der Waals surface area contributed by atoms with Crippen molar-refractivity contribution in [2.75, 3.05) is 6.61 Å². The van der Waals surface area contributed by atoms with Crippen molar-refractivity contribution in [1.82, 2.24) is 9.97 Å². The second-order valence-corrected chi connectivity index (χ2v) is 4.58. The molecule has 3 nitrogen and oxygen atoms in total. The van der Waals surface area contributed by atoms with Crippen molar-refractivity contribution in [1.29, 1.82) is 0 Å². The maximum atomic E-state index is 5.61. The van der Waals surface area contributed by atoms with Gasteiger partial charge in [-0.3, -0.25) is 0 Å². The van der Waals surface area contributed by atoms with Crippen molar-refractivity contribution in [2.45, 2.75) is 6.92 Å². The Morgan fingerprint density at radius 1 is 0.857 bits per heavy atom. The highest BCUT2D eigenvalue weighted by atomic mass is 16.5. The van der Waals surface area contributed by atoms with Crippen LogP contribution in [0.3, 0.4) is 0 Å². The van der Waals surface area contributed by atoms with Crippen molar-refractivity contribution in [3.63, 3.8) is 0 Å². The number of benzene rings is 2. The van der Waals surface area contributed by atoms with Crippen LogP contribution in [0, 0.1) is 0 Å². The molecule has 0 spiro atoms. The fourth-order valence-corrected chi connectivity index (χ4v) is 2.09. The van der Waals surface area contributed by atoms with Crippen LogP contribution in [0.25, 0.3) is 23.2 Å². The van der Waals surface area contributed by atoms with Crippen LogP contribution in [0.5, 0.6) is 5.88 Å². The van der Waals surface area contributed by atoms with Gasteiger partial charge in [-0.2, -0.15) is 0 Å². The smallest absolute Gasteiger partial charge is 0.240 e. The normalized spacial score (nSPS) is 11.1. The maximum Gasteiger partial charge on any atom is 0.240 e. The molecule has 0 fully saturated rings. The van der Waals surface area contributed by atoms with Gasteiger partial charge < -0.3 is 4.74 Å². The molecule has 0 unspecified atom stereocenters. The molecule has 1 heterocycles. The summed E-state index contributed by atoms with van der Waals surface area (Å²) in [6.45, 7) is 2.51. The van der Waals surface area contributed by atoms with Gasteiger partial charge in [0.25, 0.3) is 0 Å². The Bertz CT molecular complexity index is 767. The van der Waals surface area contributed by atoms with Gasteiger partial charge in [-0.25, -0.2) is 9.97 Å². The van der Waals surface area contributed by atoms with Crippen molar-refractivity contribution < 1.29 is 4.74 Å². The zero-order valence-corrected chi connectivity index (χ0v) is 11.9. The number of hydrogen-bond donors (Lipinski definition) is 0. The Kier molecular flexibility index (Phi) is 3.92. The van der Waals surface area contributed by atoms with Crippen molar-refractivity contribution in [2.24, 2.45) is 0 Å². The van der Waals surface area contributed by atoms with Gasteiger partial charge in [-0.05, 0) is 30.7 Å². The number of fused-ring (bicyclic) bond motifs is 1. The standard InChI is InChI=1S/C18H16N2O/c1-2-21-18-17(13-12-14-8-4-3-5-9-14)19-15-10-6-7-11-16(15)20-18/h3-13H,2H2,1H3. The van der Waals surface area contributed by atoms with E-state index in [-0.39, 0.29) is 0 Å². The minimum atomic E-state index is 0.569. The Hall–Kier alpha value is -2.68. The number of para-hydroxylation sites is 2. The molecule has 1 aromatic heterocycles. The number of aromatic nitrogens is 2. The number of rotatable bonds is 4. The van der Waals surface area contributed by atoms with E-state index >= 15 is 0 Å². The van der Waals surface area contributed by atoms with E-state index in [9.17, 15) is 0 Å². The van der Waals surface area contributed by atoms with Gasteiger partial charge in [0.15, 0.2) is 0 Å². The van der Waals surface area contributed by atoms with Crippen LogP contribution in [-0.2, 0) is 0 Å².